The summed E-state index contributed by atoms with van der Waals surface area (Å²) >= 11 is 0. The molecule has 4 aromatic rings. The highest BCUT2D eigenvalue weighted by molar-refractivity contribution is 6.00. The lowest BCUT2D eigenvalue weighted by atomic mass is 9.93. The van der Waals surface area contributed by atoms with Crippen molar-refractivity contribution in [3.63, 3.8) is 0 Å². The summed E-state index contributed by atoms with van der Waals surface area (Å²) in [4.78, 5) is 15.5. The molecule has 0 saturated carbocycles. The molecule has 0 spiro atoms. The van der Waals surface area contributed by atoms with Crippen molar-refractivity contribution in [3.8, 4) is 11.3 Å². The molecule has 0 bridgehead atoms. The van der Waals surface area contributed by atoms with E-state index in [0.29, 0.717) is 18.2 Å². The van der Waals surface area contributed by atoms with Crippen LogP contribution in [0.3, 0.4) is 0 Å². The Balaban J connectivity index is 1.62. The van der Waals surface area contributed by atoms with E-state index >= 15 is 0 Å². The molecular weight excluding hydrogens is 394 g/mol. The molecule has 0 saturated heterocycles. The van der Waals surface area contributed by atoms with Gasteiger partial charge in [0.2, 0.25) is 0 Å². The Morgan fingerprint density at radius 1 is 0.938 bits per heavy atom. The van der Waals surface area contributed by atoms with E-state index in [0.717, 1.165) is 27.9 Å². The average molecular weight is 422 g/mol. The number of fused-ring (bicyclic) bond motifs is 1. The van der Waals surface area contributed by atoms with Crippen LogP contribution in [-0.2, 0) is 6.54 Å². The topological polar surface area (TPSA) is 49.0 Å². The van der Waals surface area contributed by atoms with E-state index in [1.807, 2.05) is 35.2 Å². The largest absolute Gasteiger partial charge is 0.322 e. The zero-order chi connectivity index (χ0) is 22.2. The second-order valence-electron chi connectivity index (χ2n) is 8.87. The predicted octanol–water partition coefficient (Wildman–Crippen LogP) is 6.25. The molecule has 2 heterocycles. The van der Waals surface area contributed by atoms with E-state index in [1.54, 1.807) is 0 Å². The third-order valence-electron chi connectivity index (χ3n) is 6.30. The van der Waals surface area contributed by atoms with Gasteiger partial charge in [0.1, 0.15) is 5.69 Å². The van der Waals surface area contributed by atoms with Gasteiger partial charge in [-0.2, -0.15) is 5.10 Å². The van der Waals surface area contributed by atoms with E-state index < -0.39 is 0 Å². The van der Waals surface area contributed by atoms with Crippen LogP contribution in [0.25, 0.3) is 11.3 Å². The summed E-state index contributed by atoms with van der Waals surface area (Å²) in [6, 6.07) is 27.0. The number of H-pyrrole nitrogens is 1. The number of benzene rings is 3. The molecule has 1 amide bonds. The van der Waals surface area contributed by atoms with Gasteiger partial charge < -0.3 is 4.90 Å². The number of amides is 1. The Bertz CT molecular complexity index is 1240. The lowest BCUT2D eigenvalue weighted by Crippen LogP contribution is -2.29. The van der Waals surface area contributed by atoms with Gasteiger partial charge in [0, 0.05) is 17.7 Å². The summed E-state index contributed by atoms with van der Waals surface area (Å²) in [6.45, 7) is 7.01. The van der Waals surface area contributed by atoms with Gasteiger partial charge in [0.25, 0.3) is 5.91 Å². The van der Waals surface area contributed by atoms with Gasteiger partial charge in [0.05, 0.1) is 11.7 Å². The predicted molar refractivity (Wildman–Crippen MR) is 127 cm³/mol. The van der Waals surface area contributed by atoms with Crippen molar-refractivity contribution in [2.75, 3.05) is 0 Å². The van der Waals surface area contributed by atoms with Crippen LogP contribution in [0.15, 0.2) is 78.9 Å². The summed E-state index contributed by atoms with van der Waals surface area (Å²) in [5.74, 6) is 0.454. The molecule has 1 aromatic heterocycles. The van der Waals surface area contributed by atoms with Crippen molar-refractivity contribution in [3.05, 3.63) is 112 Å². The van der Waals surface area contributed by atoms with Gasteiger partial charge in [-0.3, -0.25) is 9.89 Å². The fraction of sp³-hybridized carbons (Fsp3) is 0.214. The van der Waals surface area contributed by atoms with Gasteiger partial charge in [-0.15, -0.1) is 0 Å². The van der Waals surface area contributed by atoms with Crippen LogP contribution >= 0.6 is 0 Å². The minimum absolute atomic E-state index is 0.00630. The normalized spacial score (nSPS) is 15.4. The molecule has 4 nitrogen and oxygen atoms in total. The van der Waals surface area contributed by atoms with Crippen LogP contribution in [-0.4, -0.2) is 21.0 Å². The van der Waals surface area contributed by atoms with Crippen LogP contribution in [0.2, 0.25) is 0 Å². The number of aromatic nitrogens is 2. The zero-order valence-electron chi connectivity index (χ0n) is 18.7. The number of aromatic amines is 1. The first kappa shape index (κ1) is 20.3. The summed E-state index contributed by atoms with van der Waals surface area (Å²) in [5.41, 5.74) is 8.14. The van der Waals surface area contributed by atoms with Crippen molar-refractivity contribution < 1.29 is 4.79 Å². The molecule has 1 atom stereocenters. The first-order valence-corrected chi connectivity index (χ1v) is 11.1. The first-order chi connectivity index (χ1) is 15.5. The number of hydrogen-bond donors (Lipinski definition) is 1. The number of nitrogens with one attached hydrogen (secondary N) is 1. The van der Waals surface area contributed by atoms with Crippen molar-refractivity contribution in [1.82, 2.24) is 15.1 Å². The SMILES string of the molecule is Cc1ccc(CN2C(=O)c3[nH]nc(-c4ccccc4)c3C2c2ccc(C(C)C)cc2)cc1. The molecule has 3 aromatic carbocycles. The van der Waals surface area contributed by atoms with Crippen molar-refractivity contribution in [1.29, 1.82) is 0 Å². The summed E-state index contributed by atoms with van der Waals surface area (Å²) in [7, 11) is 0. The molecule has 32 heavy (non-hydrogen) atoms. The monoisotopic (exact) mass is 421 g/mol. The maximum absolute atomic E-state index is 13.5. The molecule has 160 valence electrons. The summed E-state index contributed by atoms with van der Waals surface area (Å²) < 4.78 is 0. The molecule has 1 unspecified atom stereocenters. The van der Waals surface area contributed by atoms with E-state index in [2.05, 4.69) is 79.5 Å². The second-order valence-corrected chi connectivity index (χ2v) is 8.87. The third-order valence-corrected chi connectivity index (χ3v) is 6.30. The van der Waals surface area contributed by atoms with Crippen LogP contribution < -0.4 is 0 Å². The highest BCUT2D eigenvalue weighted by atomic mass is 16.2. The Morgan fingerprint density at radius 2 is 1.62 bits per heavy atom. The molecule has 1 aliphatic heterocycles. The van der Waals surface area contributed by atoms with Gasteiger partial charge in [-0.25, -0.2) is 0 Å². The maximum Gasteiger partial charge on any atom is 0.273 e. The summed E-state index contributed by atoms with van der Waals surface area (Å²) in [6.07, 6.45) is 0. The zero-order valence-corrected chi connectivity index (χ0v) is 18.7. The first-order valence-electron chi connectivity index (χ1n) is 11.1. The van der Waals surface area contributed by atoms with E-state index in [-0.39, 0.29) is 11.9 Å². The fourth-order valence-electron chi connectivity index (χ4n) is 4.48. The second kappa shape index (κ2) is 8.12. The Kier molecular flexibility index (Phi) is 5.14. The molecular formula is C28H27N3O. The Morgan fingerprint density at radius 3 is 2.28 bits per heavy atom. The molecule has 1 aliphatic rings. The van der Waals surface area contributed by atoms with E-state index in [1.165, 1.54) is 11.1 Å². The highest BCUT2D eigenvalue weighted by Crippen LogP contribution is 2.43. The maximum atomic E-state index is 13.5. The molecule has 0 radical (unpaired) electrons. The van der Waals surface area contributed by atoms with Crippen LogP contribution in [0, 0.1) is 6.92 Å². The number of rotatable bonds is 5. The third kappa shape index (κ3) is 3.52. The number of hydrogen-bond acceptors (Lipinski definition) is 2. The van der Waals surface area contributed by atoms with E-state index in [4.69, 9.17) is 0 Å². The number of nitrogens with zero attached hydrogens (tertiary/aromatic N) is 2. The smallest absolute Gasteiger partial charge is 0.273 e. The molecule has 1 N–H and O–H groups in total. The average Bonchev–Trinajstić information content (AvgIpc) is 3.35. The molecule has 5 rings (SSSR count). The van der Waals surface area contributed by atoms with Gasteiger partial charge >= 0.3 is 0 Å². The Hall–Kier alpha value is -3.66. The quantitative estimate of drug-likeness (QED) is 0.414. The van der Waals surface area contributed by atoms with E-state index in [9.17, 15) is 4.79 Å². The van der Waals surface area contributed by atoms with Crippen LogP contribution in [0.5, 0.6) is 0 Å². The van der Waals surface area contributed by atoms with Crippen molar-refractivity contribution in [2.24, 2.45) is 0 Å². The van der Waals surface area contributed by atoms with Crippen molar-refractivity contribution >= 4 is 5.91 Å². The number of carbonyl (C=O) groups excluding carboxylic acids is 1. The lowest BCUT2D eigenvalue weighted by Gasteiger charge is -2.27. The van der Waals surface area contributed by atoms with Gasteiger partial charge in [-0.05, 0) is 29.5 Å². The van der Waals surface area contributed by atoms with Crippen LogP contribution in [0.4, 0.5) is 0 Å². The lowest BCUT2D eigenvalue weighted by molar-refractivity contribution is 0.0730. The summed E-state index contributed by atoms with van der Waals surface area (Å²) in [5, 5.41) is 7.61. The molecule has 4 heteroatoms. The number of carbonyl (C=O) groups is 1. The van der Waals surface area contributed by atoms with Crippen LogP contribution in [0.1, 0.15) is 64.1 Å². The standard InChI is InChI=1S/C28H27N3O/c1-18(2)21-13-15-23(16-14-21)27-24-25(22-7-5-4-6-8-22)29-30-26(24)28(32)31(27)17-20-11-9-19(3)10-12-20/h4-16,18,27H,17H2,1-3H3,(H,29,30). The molecule has 0 fully saturated rings. The highest BCUT2D eigenvalue weighted by Gasteiger charge is 2.42. The van der Waals surface area contributed by atoms with Gasteiger partial charge in [-0.1, -0.05) is 98.3 Å². The van der Waals surface area contributed by atoms with Crippen molar-refractivity contribution in [2.45, 2.75) is 39.3 Å². The fourth-order valence-corrected chi connectivity index (χ4v) is 4.48. The minimum Gasteiger partial charge on any atom is -0.322 e. The Labute approximate surface area is 188 Å². The number of aryl methyl sites for hydroxylation is 1. The van der Waals surface area contributed by atoms with Gasteiger partial charge in [0.15, 0.2) is 0 Å². The minimum atomic E-state index is -0.186. The molecule has 0 aliphatic carbocycles.